The van der Waals surface area contributed by atoms with Crippen LogP contribution in [0.25, 0.3) is 0 Å². The van der Waals surface area contributed by atoms with Crippen LogP contribution in [0.1, 0.15) is 0 Å². The van der Waals surface area contributed by atoms with Crippen LogP contribution < -0.4 is 12.4 Å². The third kappa shape index (κ3) is 82.1. The normalized spacial score (nSPS) is 10.0. The molecule has 0 aliphatic carbocycles. The molecule has 0 aromatic rings. The van der Waals surface area contributed by atoms with E-state index in [0.29, 0.717) is 0 Å². The summed E-state index contributed by atoms with van der Waals surface area (Å²) < 4.78 is 0.970. The third-order valence-corrected chi connectivity index (χ3v) is 0. The Balaban J connectivity index is 0. The quantitative estimate of drug-likeness (QED) is 0.329. The van der Waals surface area contributed by atoms with Crippen LogP contribution in [0, 0.1) is 0 Å². The highest BCUT2D eigenvalue weighted by Crippen LogP contribution is 1.97. The van der Waals surface area contributed by atoms with Crippen molar-refractivity contribution in [1.29, 1.82) is 0 Å². The van der Waals surface area contributed by atoms with Gasteiger partial charge >= 0.3 is 0 Å². The zero-order valence-corrected chi connectivity index (χ0v) is 7.12. The second kappa shape index (κ2) is 3.04. The van der Waals surface area contributed by atoms with Crippen molar-refractivity contribution in [1.82, 2.24) is 0 Å². The molecule has 0 unspecified atom stereocenters. The van der Waals surface area contributed by atoms with Gasteiger partial charge in [0.1, 0.15) is 0 Å². The average molecular weight is 221 g/mol. The summed E-state index contributed by atoms with van der Waals surface area (Å²) in [6.07, 6.45) is 0. The molecule has 0 fully saturated rings. The molecule has 0 aromatic heterocycles. The first kappa shape index (κ1) is 10.1. The second-order valence-corrected chi connectivity index (χ2v) is 4.74. The highest BCUT2D eigenvalue weighted by atomic mass is 127. The Bertz CT molecular complexity index is 26.3. The highest BCUT2D eigenvalue weighted by Gasteiger charge is 1.93. The van der Waals surface area contributed by atoms with Crippen LogP contribution >= 0.6 is 22.9 Å². The van der Waals surface area contributed by atoms with Crippen molar-refractivity contribution < 1.29 is 15.1 Å². The molecule has 0 aliphatic heterocycles. The van der Waals surface area contributed by atoms with Gasteiger partial charge in [-0.25, -0.2) is 0 Å². The monoisotopic (exact) mass is 221 g/mol. The summed E-state index contributed by atoms with van der Waals surface area (Å²) in [5.74, 6) is 0. The van der Waals surface area contributed by atoms with Crippen LogP contribution in [0.2, 0.25) is 0 Å². The molecule has 0 saturated heterocycles. The highest BCUT2D eigenvalue weighted by molar-refractivity contribution is 14.1. The van der Waals surface area contributed by atoms with E-state index in [2.05, 4.69) is 44.0 Å². The molecule has 0 saturated carbocycles. The lowest BCUT2D eigenvalue weighted by Gasteiger charge is -2.09. The topological polar surface area (TPSA) is 0 Å². The Kier molecular flexibility index (Phi) is 5.11. The van der Waals surface area contributed by atoms with E-state index in [1.807, 2.05) is 0 Å². The molecule has 0 heterocycles. The molecule has 0 bridgehead atoms. The fraction of sp³-hybridized carbons (Fsp3) is 1.00. The van der Waals surface area contributed by atoms with Gasteiger partial charge in [0, 0.05) is 0 Å². The Labute approximate surface area is 59.2 Å². The standard InChI is InChI=1S/C3H9IN.ClH/c1-5(2,3)4;/h1-3H3;1H/q+1;/p-1. The molecular weight excluding hydrogens is 212 g/mol. The van der Waals surface area contributed by atoms with Crippen molar-refractivity contribution in [3.8, 4) is 0 Å². The Hall–Kier alpha value is 0.980. The number of hydrogen-bond acceptors (Lipinski definition) is 0. The smallest absolute Gasteiger partial charge is 0.247 e. The van der Waals surface area contributed by atoms with Crippen LogP contribution in [0.5, 0.6) is 0 Å². The number of halogens is 2. The minimum absolute atomic E-state index is 0. The first-order valence-corrected chi connectivity index (χ1v) is 2.48. The Morgan fingerprint density at radius 2 is 1.17 bits per heavy atom. The van der Waals surface area contributed by atoms with E-state index < -0.39 is 0 Å². The van der Waals surface area contributed by atoms with E-state index in [1.54, 1.807) is 0 Å². The first-order valence-electron chi connectivity index (χ1n) is 1.51. The van der Waals surface area contributed by atoms with Crippen molar-refractivity contribution in [2.75, 3.05) is 21.1 Å². The predicted octanol–water partition coefficient (Wildman–Crippen LogP) is -1.95. The van der Waals surface area contributed by atoms with Gasteiger partial charge in [-0.3, -0.25) is 2.70 Å². The molecule has 3 heteroatoms. The van der Waals surface area contributed by atoms with Gasteiger partial charge in [-0.15, -0.1) is 0 Å². The minimum atomic E-state index is 0. The van der Waals surface area contributed by atoms with Gasteiger partial charge in [0.25, 0.3) is 0 Å². The zero-order valence-electron chi connectivity index (χ0n) is 4.20. The van der Waals surface area contributed by atoms with Crippen LogP contribution in [-0.2, 0) is 0 Å². The summed E-state index contributed by atoms with van der Waals surface area (Å²) in [5, 5.41) is 0. The predicted molar refractivity (Wildman–Crippen MR) is 32.1 cm³/mol. The van der Waals surface area contributed by atoms with Gasteiger partial charge in [-0.1, -0.05) is 0 Å². The summed E-state index contributed by atoms with van der Waals surface area (Å²) in [7, 11) is 6.34. The van der Waals surface area contributed by atoms with Crippen LogP contribution in [0.15, 0.2) is 0 Å². The largest absolute Gasteiger partial charge is 1.00 e. The first-order chi connectivity index (χ1) is 2.00. The lowest BCUT2D eigenvalue weighted by molar-refractivity contribution is -0.681. The molecule has 0 atom stereocenters. The van der Waals surface area contributed by atoms with Crippen molar-refractivity contribution in [2.24, 2.45) is 0 Å². The maximum atomic E-state index is 2.32. The number of rotatable bonds is 0. The van der Waals surface area contributed by atoms with Crippen LogP contribution in [0.4, 0.5) is 0 Å². The fourth-order valence-electron chi connectivity index (χ4n) is 0. The van der Waals surface area contributed by atoms with Crippen molar-refractivity contribution in [3.63, 3.8) is 0 Å². The second-order valence-electron chi connectivity index (χ2n) is 1.85. The van der Waals surface area contributed by atoms with Gasteiger partial charge in [-0.05, 0) is 0 Å². The average Bonchev–Trinajstić information content (AvgIpc) is 0.722. The molecule has 40 valence electrons. The molecule has 0 aromatic carbocycles. The SMILES string of the molecule is C[N+](C)(C)I.[Cl-]. The molecule has 0 aliphatic rings. The molecule has 0 radical (unpaired) electrons. The van der Waals surface area contributed by atoms with Gasteiger partial charge in [0.05, 0.1) is 21.1 Å². The van der Waals surface area contributed by atoms with Gasteiger partial charge in [0.2, 0.25) is 22.9 Å². The molecule has 0 rings (SSSR count). The molecule has 0 amide bonds. The fourth-order valence-corrected chi connectivity index (χ4v) is 0. The number of hydrogen-bond donors (Lipinski definition) is 0. The minimum Gasteiger partial charge on any atom is -1.00 e. The van der Waals surface area contributed by atoms with Crippen molar-refractivity contribution in [2.45, 2.75) is 0 Å². The lowest BCUT2D eigenvalue weighted by atomic mass is 11.0. The van der Waals surface area contributed by atoms with Crippen LogP contribution in [0.3, 0.4) is 0 Å². The van der Waals surface area contributed by atoms with Crippen molar-refractivity contribution in [3.05, 3.63) is 0 Å². The summed E-state index contributed by atoms with van der Waals surface area (Å²) in [6.45, 7) is 0. The number of nitrogens with zero attached hydrogens (tertiary/aromatic N) is 1. The van der Waals surface area contributed by atoms with E-state index in [-0.39, 0.29) is 12.4 Å². The van der Waals surface area contributed by atoms with Crippen molar-refractivity contribution >= 4 is 22.9 Å². The molecular formula is C3H9ClIN. The van der Waals surface area contributed by atoms with Crippen LogP contribution in [-0.4, -0.2) is 23.8 Å². The summed E-state index contributed by atoms with van der Waals surface area (Å²) in [5.41, 5.74) is 0. The zero-order chi connectivity index (χ0) is 4.50. The Morgan fingerprint density at radius 3 is 1.17 bits per heavy atom. The third-order valence-electron chi connectivity index (χ3n) is 0. The summed E-state index contributed by atoms with van der Waals surface area (Å²) in [6, 6.07) is 0. The Morgan fingerprint density at radius 1 is 1.17 bits per heavy atom. The molecule has 1 nitrogen and oxygen atoms in total. The van der Waals surface area contributed by atoms with Gasteiger partial charge in [0.15, 0.2) is 0 Å². The molecule has 6 heavy (non-hydrogen) atoms. The van der Waals surface area contributed by atoms with E-state index in [9.17, 15) is 0 Å². The van der Waals surface area contributed by atoms with E-state index in [1.165, 1.54) is 0 Å². The van der Waals surface area contributed by atoms with Gasteiger partial charge in [-0.2, -0.15) is 0 Å². The molecule has 0 N–H and O–H groups in total. The summed E-state index contributed by atoms with van der Waals surface area (Å²) in [4.78, 5) is 0. The molecule has 0 spiro atoms. The number of quaternary nitrogens is 1. The maximum absolute atomic E-state index is 2.32. The summed E-state index contributed by atoms with van der Waals surface area (Å²) >= 11 is 2.32. The van der Waals surface area contributed by atoms with E-state index >= 15 is 0 Å². The van der Waals surface area contributed by atoms with E-state index in [4.69, 9.17) is 0 Å². The van der Waals surface area contributed by atoms with E-state index in [0.717, 1.165) is 2.70 Å². The van der Waals surface area contributed by atoms with Gasteiger partial charge < -0.3 is 12.4 Å². The maximum Gasteiger partial charge on any atom is 0.247 e. The lowest BCUT2D eigenvalue weighted by Crippen LogP contribution is -3.00.